The Morgan fingerprint density at radius 2 is 2.21 bits per heavy atom. The van der Waals surface area contributed by atoms with Crippen LogP contribution in [0.1, 0.15) is 12.2 Å². The number of rotatable bonds is 5. The minimum absolute atomic E-state index is 0.434. The standard InChI is InChI=1S/C21H22N6S/c22-28-16-4-5-19-20(10-16)26-21(25-19)13-27-9-7-15(12-27)24-18-3-1-2-14-11-23-8-6-17(14)18/h1-6,8,10-11,15,24H,7,9,12-13,22H2,(H,25,26)/t15-/m1/s1. The second kappa shape index (κ2) is 7.43. The zero-order valence-electron chi connectivity index (χ0n) is 15.4. The van der Waals surface area contributed by atoms with Crippen LogP contribution in [0.15, 0.2) is 59.8 Å². The molecule has 142 valence electrons. The molecule has 1 fully saturated rings. The molecule has 0 unspecified atom stereocenters. The van der Waals surface area contributed by atoms with E-state index < -0.39 is 0 Å². The lowest BCUT2D eigenvalue weighted by molar-refractivity contribution is 0.321. The highest BCUT2D eigenvalue weighted by molar-refractivity contribution is 7.97. The van der Waals surface area contributed by atoms with Crippen molar-refractivity contribution in [3.63, 3.8) is 0 Å². The average molecular weight is 391 g/mol. The molecule has 1 aliphatic heterocycles. The molecule has 1 atom stereocenters. The van der Waals surface area contributed by atoms with E-state index in [4.69, 9.17) is 10.1 Å². The van der Waals surface area contributed by atoms with E-state index in [1.54, 1.807) is 0 Å². The molecule has 4 N–H and O–H groups in total. The van der Waals surface area contributed by atoms with Crippen molar-refractivity contribution in [1.29, 1.82) is 0 Å². The van der Waals surface area contributed by atoms with Gasteiger partial charge in [0.25, 0.3) is 0 Å². The van der Waals surface area contributed by atoms with Crippen LogP contribution in [0, 0.1) is 0 Å². The maximum absolute atomic E-state index is 5.66. The second-order valence-corrected chi connectivity index (χ2v) is 7.95. The summed E-state index contributed by atoms with van der Waals surface area (Å²) < 4.78 is 0. The summed E-state index contributed by atoms with van der Waals surface area (Å²) in [4.78, 5) is 15.9. The zero-order chi connectivity index (χ0) is 18.9. The van der Waals surface area contributed by atoms with Crippen molar-refractivity contribution in [3.8, 4) is 0 Å². The number of nitrogens with zero attached hydrogens (tertiary/aromatic N) is 3. The lowest BCUT2D eigenvalue weighted by Crippen LogP contribution is -2.26. The highest BCUT2D eigenvalue weighted by Crippen LogP contribution is 2.25. The van der Waals surface area contributed by atoms with E-state index >= 15 is 0 Å². The van der Waals surface area contributed by atoms with Crippen molar-refractivity contribution < 1.29 is 0 Å². The van der Waals surface area contributed by atoms with Gasteiger partial charge < -0.3 is 10.3 Å². The maximum Gasteiger partial charge on any atom is 0.121 e. The van der Waals surface area contributed by atoms with Gasteiger partial charge in [0.2, 0.25) is 0 Å². The molecular weight excluding hydrogens is 368 g/mol. The van der Waals surface area contributed by atoms with Crippen LogP contribution in [0.4, 0.5) is 5.69 Å². The van der Waals surface area contributed by atoms with Crippen LogP contribution < -0.4 is 10.5 Å². The predicted octanol–water partition coefficient (Wildman–Crippen LogP) is 3.76. The lowest BCUT2D eigenvalue weighted by atomic mass is 10.1. The van der Waals surface area contributed by atoms with Crippen LogP contribution in [-0.2, 0) is 6.54 Å². The largest absolute Gasteiger partial charge is 0.380 e. The first kappa shape index (κ1) is 17.5. The SMILES string of the molecule is NSc1ccc2nc(CN3CC[C@@H](Nc4cccc5cnccc45)C3)[nH]c2c1. The summed E-state index contributed by atoms with van der Waals surface area (Å²) in [6, 6.07) is 14.9. The van der Waals surface area contributed by atoms with Gasteiger partial charge in [0, 0.05) is 52.9 Å². The van der Waals surface area contributed by atoms with E-state index in [0.29, 0.717) is 6.04 Å². The molecule has 7 heteroatoms. The summed E-state index contributed by atoms with van der Waals surface area (Å²) in [5.74, 6) is 1.01. The van der Waals surface area contributed by atoms with Crippen LogP contribution in [0.2, 0.25) is 0 Å². The van der Waals surface area contributed by atoms with Crippen molar-refractivity contribution >= 4 is 39.4 Å². The summed E-state index contributed by atoms with van der Waals surface area (Å²) in [6.07, 6.45) is 4.89. The smallest absolute Gasteiger partial charge is 0.121 e. The second-order valence-electron chi connectivity index (χ2n) is 7.25. The number of aromatic amines is 1. The number of imidazole rings is 1. The molecule has 0 bridgehead atoms. The van der Waals surface area contributed by atoms with Gasteiger partial charge >= 0.3 is 0 Å². The van der Waals surface area contributed by atoms with Gasteiger partial charge in [-0.25, -0.2) is 4.98 Å². The molecule has 6 nitrogen and oxygen atoms in total. The summed E-state index contributed by atoms with van der Waals surface area (Å²) in [5.41, 5.74) is 3.22. The first-order valence-corrected chi connectivity index (χ1v) is 10.3. The zero-order valence-corrected chi connectivity index (χ0v) is 16.2. The molecule has 4 aromatic rings. The fraction of sp³-hybridized carbons (Fsp3) is 0.238. The van der Waals surface area contributed by atoms with E-state index in [1.165, 1.54) is 28.4 Å². The van der Waals surface area contributed by atoms with E-state index in [1.807, 2.05) is 24.5 Å². The van der Waals surface area contributed by atoms with Gasteiger partial charge in [-0.3, -0.25) is 15.0 Å². The quantitative estimate of drug-likeness (QED) is 0.450. The van der Waals surface area contributed by atoms with Crippen molar-refractivity contribution in [3.05, 3.63) is 60.7 Å². The Bertz CT molecular complexity index is 1120. The Kier molecular flexibility index (Phi) is 4.64. The molecule has 28 heavy (non-hydrogen) atoms. The third-order valence-electron chi connectivity index (χ3n) is 5.32. The number of hydrogen-bond donors (Lipinski definition) is 3. The van der Waals surface area contributed by atoms with E-state index in [-0.39, 0.29) is 0 Å². The van der Waals surface area contributed by atoms with Crippen LogP contribution in [0.5, 0.6) is 0 Å². The number of fused-ring (bicyclic) bond motifs is 2. The van der Waals surface area contributed by atoms with Crippen molar-refractivity contribution in [2.45, 2.75) is 23.9 Å². The number of nitrogens with two attached hydrogens (primary N) is 1. The predicted molar refractivity (Wildman–Crippen MR) is 115 cm³/mol. The van der Waals surface area contributed by atoms with Gasteiger partial charge in [-0.15, -0.1) is 0 Å². The van der Waals surface area contributed by atoms with Crippen molar-refractivity contribution in [2.24, 2.45) is 5.14 Å². The normalized spacial score (nSPS) is 17.5. The molecule has 3 heterocycles. The maximum atomic E-state index is 5.66. The van der Waals surface area contributed by atoms with Gasteiger partial charge in [0.15, 0.2) is 0 Å². The molecule has 2 aromatic heterocycles. The first-order chi connectivity index (χ1) is 13.8. The molecule has 0 radical (unpaired) electrons. The van der Waals surface area contributed by atoms with Gasteiger partial charge in [-0.05, 0) is 48.7 Å². The minimum Gasteiger partial charge on any atom is -0.380 e. The van der Waals surface area contributed by atoms with Crippen LogP contribution >= 0.6 is 11.9 Å². The Hall–Kier alpha value is -2.61. The number of aromatic nitrogens is 3. The van der Waals surface area contributed by atoms with Crippen LogP contribution in [0.3, 0.4) is 0 Å². The number of H-pyrrole nitrogens is 1. The van der Waals surface area contributed by atoms with E-state index in [2.05, 4.69) is 50.5 Å². The van der Waals surface area contributed by atoms with Crippen molar-refractivity contribution in [1.82, 2.24) is 19.9 Å². The number of hydrogen-bond acceptors (Lipinski definition) is 6. The Morgan fingerprint density at radius 3 is 3.14 bits per heavy atom. The summed E-state index contributed by atoms with van der Waals surface area (Å²) in [5, 5.41) is 11.8. The third kappa shape index (κ3) is 3.44. The molecule has 1 aliphatic rings. The number of likely N-dealkylation sites (tertiary alicyclic amines) is 1. The highest BCUT2D eigenvalue weighted by atomic mass is 32.2. The Morgan fingerprint density at radius 1 is 1.25 bits per heavy atom. The Balaban J connectivity index is 1.27. The molecule has 0 aliphatic carbocycles. The minimum atomic E-state index is 0.434. The molecule has 0 spiro atoms. The van der Waals surface area contributed by atoms with Crippen LogP contribution in [-0.4, -0.2) is 39.0 Å². The van der Waals surface area contributed by atoms with E-state index in [0.717, 1.165) is 47.8 Å². The summed E-state index contributed by atoms with van der Waals surface area (Å²) in [7, 11) is 0. The third-order valence-corrected chi connectivity index (χ3v) is 5.85. The number of pyridine rings is 1. The number of nitrogens with one attached hydrogen (secondary N) is 2. The van der Waals surface area contributed by atoms with Crippen LogP contribution in [0.25, 0.3) is 21.8 Å². The highest BCUT2D eigenvalue weighted by Gasteiger charge is 2.23. The molecule has 1 saturated heterocycles. The van der Waals surface area contributed by atoms with E-state index in [9.17, 15) is 0 Å². The fourth-order valence-electron chi connectivity index (χ4n) is 3.96. The monoisotopic (exact) mass is 390 g/mol. The molecule has 2 aromatic carbocycles. The number of benzene rings is 2. The van der Waals surface area contributed by atoms with Gasteiger partial charge in [-0.2, -0.15) is 0 Å². The molecular formula is C21H22N6S. The summed E-state index contributed by atoms with van der Waals surface area (Å²) in [6.45, 7) is 2.89. The van der Waals surface area contributed by atoms with Gasteiger partial charge in [0.1, 0.15) is 5.82 Å². The first-order valence-electron chi connectivity index (χ1n) is 9.45. The molecule has 0 saturated carbocycles. The fourth-order valence-corrected chi connectivity index (χ4v) is 4.30. The Labute approximate surface area is 167 Å². The average Bonchev–Trinajstić information content (AvgIpc) is 3.34. The molecule has 0 amide bonds. The van der Waals surface area contributed by atoms with Crippen molar-refractivity contribution in [2.75, 3.05) is 18.4 Å². The number of anilines is 1. The molecule has 5 rings (SSSR count). The topological polar surface area (TPSA) is 82.9 Å². The lowest BCUT2D eigenvalue weighted by Gasteiger charge is -2.17. The van der Waals surface area contributed by atoms with Gasteiger partial charge in [-0.1, -0.05) is 12.1 Å². The summed E-state index contributed by atoms with van der Waals surface area (Å²) >= 11 is 1.26. The van der Waals surface area contributed by atoms with Gasteiger partial charge in [0.05, 0.1) is 17.6 Å².